The zero-order valence-electron chi connectivity index (χ0n) is 16.4. The maximum Gasteiger partial charge on any atom is 0.273 e. The molecule has 6 nitrogen and oxygen atoms in total. The van der Waals surface area contributed by atoms with Crippen LogP contribution in [-0.4, -0.2) is 27.6 Å². The molecule has 0 aliphatic carbocycles. The van der Waals surface area contributed by atoms with E-state index < -0.39 is 29.1 Å². The summed E-state index contributed by atoms with van der Waals surface area (Å²) in [6, 6.07) is 8.95. The van der Waals surface area contributed by atoms with Crippen molar-refractivity contribution >= 4 is 22.7 Å². The second-order valence-corrected chi connectivity index (χ2v) is 7.97. The van der Waals surface area contributed by atoms with E-state index in [0.717, 1.165) is 5.56 Å². The Bertz CT molecular complexity index is 1070. The predicted molar refractivity (Wildman–Crippen MR) is 105 cm³/mol. The molecular weight excluding hydrogens is 378 g/mol. The predicted octanol–water partition coefficient (Wildman–Crippen LogP) is 2.99. The van der Waals surface area contributed by atoms with Crippen molar-refractivity contribution in [2.45, 2.75) is 33.4 Å². The maximum absolute atomic E-state index is 13.9. The van der Waals surface area contributed by atoms with Gasteiger partial charge in [0.25, 0.3) is 5.91 Å². The van der Waals surface area contributed by atoms with Gasteiger partial charge in [0.15, 0.2) is 5.69 Å². The lowest BCUT2D eigenvalue weighted by molar-refractivity contribution is -0.122. The van der Waals surface area contributed by atoms with Gasteiger partial charge in [0.05, 0.1) is 12.1 Å². The van der Waals surface area contributed by atoms with Crippen molar-refractivity contribution in [1.29, 1.82) is 0 Å². The molecule has 0 fully saturated rings. The maximum atomic E-state index is 13.9. The van der Waals surface area contributed by atoms with Crippen LogP contribution in [0.25, 0.3) is 10.9 Å². The van der Waals surface area contributed by atoms with Crippen LogP contribution in [0.5, 0.6) is 0 Å². The highest BCUT2D eigenvalue weighted by molar-refractivity contribution is 6.06. The van der Waals surface area contributed by atoms with Gasteiger partial charge in [-0.2, -0.15) is 5.10 Å². The first-order valence-corrected chi connectivity index (χ1v) is 9.07. The van der Waals surface area contributed by atoms with Gasteiger partial charge in [0, 0.05) is 5.39 Å². The van der Waals surface area contributed by atoms with Crippen molar-refractivity contribution in [2.24, 2.45) is 11.1 Å². The van der Waals surface area contributed by atoms with Gasteiger partial charge in [-0.25, -0.2) is 8.78 Å². The molecular formula is C21H22F2N4O2. The third kappa shape index (κ3) is 4.42. The molecule has 0 saturated carbocycles. The van der Waals surface area contributed by atoms with Gasteiger partial charge < -0.3 is 11.1 Å². The molecule has 0 radical (unpaired) electrons. The summed E-state index contributed by atoms with van der Waals surface area (Å²) >= 11 is 0. The molecule has 0 saturated heterocycles. The molecule has 0 aliphatic heterocycles. The SMILES string of the molecule is CC(C)(C)[C@H](NC(=O)c1nn(Cc2ccc(F)cc2)c2ccc(F)cc12)C(N)=O. The van der Waals surface area contributed by atoms with Gasteiger partial charge in [-0.05, 0) is 41.3 Å². The Kier molecular flexibility index (Phi) is 5.37. The minimum absolute atomic E-state index is 0.0166. The zero-order valence-corrected chi connectivity index (χ0v) is 16.4. The minimum Gasteiger partial charge on any atom is -0.368 e. The average molecular weight is 400 g/mol. The van der Waals surface area contributed by atoms with E-state index in [2.05, 4.69) is 10.4 Å². The highest BCUT2D eigenvalue weighted by Gasteiger charge is 2.32. The number of amides is 2. The van der Waals surface area contributed by atoms with E-state index in [4.69, 9.17) is 5.73 Å². The number of halogens is 2. The number of carbonyl (C=O) groups excluding carboxylic acids is 2. The Hall–Kier alpha value is -3.29. The highest BCUT2D eigenvalue weighted by Crippen LogP contribution is 2.23. The van der Waals surface area contributed by atoms with E-state index in [1.165, 1.54) is 35.0 Å². The van der Waals surface area contributed by atoms with Crippen molar-refractivity contribution in [3.63, 3.8) is 0 Å². The summed E-state index contributed by atoms with van der Waals surface area (Å²) in [5.41, 5.74) is 6.10. The molecule has 3 rings (SSSR count). The number of benzene rings is 2. The van der Waals surface area contributed by atoms with Gasteiger partial charge in [-0.15, -0.1) is 0 Å². The van der Waals surface area contributed by atoms with Crippen molar-refractivity contribution < 1.29 is 18.4 Å². The number of fused-ring (bicyclic) bond motifs is 1. The summed E-state index contributed by atoms with van der Waals surface area (Å²) in [7, 11) is 0. The Morgan fingerprint density at radius 3 is 2.31 bits per heavy atom. The van der Waals surface area contributed by atoms with Crippen LogP contribution in [0.3, 0.4) is 0 Å². The molecule has 29 heavy (non-hydrogen) atoms. The number of aromatic nitrogens is 2. The number of primary amides is 1. The van der Waals surface area contributed by atoms with Gasteiger partial charge in [0.2, 0.25) is 5.91 Å². The highest BCUT2D eigenvalue weighted by atomic mass is 19.1. The lowest BCUT2D eigenvalue weighted by Crippen LogP contribution is -2.52. The van der Waals surface area contributed by atoms with Crippen LogP contribution >= 0.6 is 0 Å². The number of carbonyl (C=O) groups is 2. The van der Waals surface area contributed by atoms with E-state index in [1.54, 1.807) is 32.9 Å². The summed E-state index contributed by atoms with van der Waals surface area (Å²) in [6.45, 7) is 5.57. The number of nitrogens with two attached hydrogens (primary N) is 1. The summed E-state index contributed by atoms with van der Waals surface area (Å²) in [6.07, 6.45) is 0. The van der Waals surface area contributed by atoms with Crippen molar-refractivity contribution in [3.8, 4) is 0 Å². The molecule has 8 heteroatoms. The molecule has 2 amide bonds. The Morgan fingerprint density at radius 2 is 1.72 bits per heavy atom. The molecule has 2 aromatic carbocycles. The smallest absolute Gasteiger partial charge is 0.273 e. The number of hydrogen-bond acceptors (Lipinski definition) is 3. The van der Waals surface area contributed by atoms with Crippen molar-refractivity contribution in [2.75, 3.05) is 0 Å². The molecule has 3 aromatic rings. The summed E-state index contributed by atoms with van der Waals surface area (Å²) in [5, 5.41) is 7.25. The first-order chi connectivity index (χ1) is 13.6. The fourth-order valence-electron chi connectivity index (χ4n) is 3.12. The van der Waals surface area contributed by atoms with Crippen LogP contribution < -0.4 is 11.1 Å². The van der Waals surface area contributed by atoms with Crippen LogP contribution in [0.15, 0.2) is 42.5 Å². The normalized spacial score (nSPS) is 12.7. The molecule has 1 aromatic heterocycles. The molecule has 1 heterocycles. The lowest BCUT2D eigenvalue weighted by Gasteiger charge is -2.28. The first kappa shape index (κ1) is 20.4. The van der Waals surface area contributed by atoms with Crippen LogP contribution in [0.1, 0.15) is 36.8 Å². The summed E-state index contributed by atoms with van der Waals surface area (Å²) in [4.78, 5) is 24.7. The van der Waals surface area contributed by atoms with Gasteiger partial charge in [-0.3, -0.25) is 14.3 Å². The summed E-state index contributed by atoms with van der Waals surface area (Å²) < 4.78 is 28.6. The lowest BCUT2D eigenvalue weighted by atomic mass is 9.86. The third-order valence-corrected chi connectivity index (χ3v) is 4.60. The molecule has 0 aliphatic rings. The van der Waals surface area contributed by atoms with Crippen molar-refractivity contribution in [1.82, 2.24) is 15.1 Å². The second-order valence-electron chi connectivity index (χ2n) is 7.97. The Morgan fingerprint density at radius 1 is 1.10 bits per heavy atom. The fourth-order valence-corrected chi connectivity index (χ4v) is 3.12. The van der Waals surface area contributed by atoms with E-state index in [9.17, 15) is 18.4 Å². The number of nitrogens with one attached hydrogen (secondary N) is 1. The molecule has 3 N–H and O–H groups in total. The van der Waals surface area contributed by atoms with Crippen LogP contribution in [0.2, 0.25) is 0 Å². The Balaban J connectivity index is 2.01. The minimum atomic E-state index is -0.930. The summed E-state index contributed by atoms with van der Waals surface area (Å²) in [5.74, 6) is -2.18. The standard InChI is InChI=1S/C21H22F2N4O2/c1-21(2,3)18(19(24)28)25-20(29)17-15-10-14(23)8-9-16(15)27(26-17)11-12-4-6-13(22)7-5-12/h4-10,18H,11H2,1-3H3,(H2,24,28)(H,25,29)/t18-/m1/s1. The number of hydrogen-bond donors (Lipinski definition) is 2. The molecule has 0 unspecified atom stereocenters. The van der Waals surface area contributed by atoms with Gasteiger partial charge in [0.1, 0.15) is 17.7 Å². The molecule has 0 spiro atoms. The first-order valence-electron chi connectivity index (χ1n) is 9.07. The molecule has 152 valence electrons. The number of nitrogens with zero attached hydrogens (tertiary/aromatic N) is 2. The van der Waals surface area contributed by atoms with E-state index in [1.807, 2.05) is 0 Å². The zero-order chi connectivity index (χ0) is 21.3. The van der Waals surface area contributed by atoms with Crippen LogP contribution in [0.4, 0.5) is 8.78 Å². The van der Waals surface area contributed by atoms with E-state index in [-0.39, 0.29) is 18.1 Å². The molecule has 1 atom stereocenters. The average Bonchev–Trinajstić information content (AvgIpc) is 2.97. The van der Waals surface area contributed by atoms with Crippen LogP contribution in [-0.2, 0) is 11.3 Å². The number of rotatable bonds is 5. The topological polar surface area (TPSA) is 90.0 Å². The van der Waals surface area contributed by atoms with Crippen LogP contribution in [0, 0.1) is 17.0 Å². The fraction of sp³-hybridized carbons (Fsp3) is 0.286. The third-order valence-electron chi connectivity index (χ3n) is 4.60. The van der Waals surface area contributed by atoms with E-state index >= 15 is 0 Å². The second kappa shape index (κ2) is 7.62. The molecule has 0 bridgehead atoms. The van der Waals surface area contributed by atoms with Gasteiger partial charge >= 0.3 is 0 Å². The van der Waals surface area contributed by atoms with E-state index in [0.29, 0.717) is 10.9 Å². The largest absolute Gasteiger partial charge is 0.368 e. The monoisotopic (exact) mass is 400 g/mol. The Labute approximate surface area is 166 Å². The quantitative estimate of drug-likeness (QED) is 0.690. The van der Waals surface area contributed by atoms with Gasteiger partial charge in [-0.1, -0.05) is 32.9 Å². The van der Waals surface area contributed by atoms with Crippen molar-refractivity contribution in [3.05, 3.63) is 65.4 Å².